The first-order valence-electron chi connectivity index (χ1n) is 9.77. The monoisotopic (exact) mass is 390 g/mol. The number of amides is 2. The molecule has 0 saturated carbocycles. The first-order chi connectivity index (χ1) is 13.4. The number of likely N-dealkylation sites (tertiary alicyclic amines) is 1. The maximum absolute atomic E-state index is 13.1. The van der Waals surface area contributed by atoms with Crippen LogP contribution in [0.15, 0.2) is 30.3 Å². The van der Waals surface area contributed by atoms with Crippen molar-refractivity contribution < 1.29 is 19.5 Å². The minimum Gasteiger partial charge on any atom is -0.480 e. The van der Waals surface area contributed by atoms with E-state index in [1.807, 2.05) is 30.3 Å². The van der Waals surface area contributed by atoms with Gasteiger partial charge in [0, 0.05) is 13.0 Å². The molecular formula is C20H30N4O4. The minimum atomic E-state index is -1.02. The van der Waals surface area contributed by atoms with E-state index in [1.165, 1.54) is 4.90 Å². The van der Waals surface area contributed by atoms with Crippen LogP contribution in [0.3, 0.4) is 0 Å². The van der Waals surface area contributed by atoms with Crippen LogP contribution < -0.4 is 16.8 Å². The number of benzene rings is 1. The molecule has 1 aromatic rings. The lowest BCUT2D eigenvalue weighted by Crippen LogP contribution is -2.55. The summed E-state index contributed by atoms with van der Waals surface area (Å²) in [5, 5.41) is 12.1. The molecule has 28 heavy (non-hydrogen) atoms. The van der Waals surface area contributed by atoms with E-state index in [0.717, 1.165) is 18.4 Å². The van der Waals surface area contributed by atoms with Crippen molar-refractivity contribution in [3.8, 4) is 0 Å². The lowest BCUT2D eigenvalue weighted by atomic mass is 10.0. The molecule has 8 heteroatoms. The average Bonchev–Trinajstić information content (AvgIpc) is 3.18. The van der Waals surface area contributed by atoms with Crippen molar-refractivity contribution in [2.45, 2.75) is 56.7 Å². The molecule has 0 radical (unpaired) electrons. The quantitative estimate of drug-likeness (QED) is 0.422. The first kappa shape index (κ1) is 21.8. The Morgan fingerprint density at radius 1 is 1.21 bits per heavy atom. The third-order valence-corrected chi connectivity index (χ3v) is 5.02. The van der Waals surface area contributed by atoms with E-state index in [9.17, 15) is 19.5 Å². The second-order valence-electron chi connectivity index (χ2n) is 7.17. The average molecular weight is 390 g/mol. The molecule has 1 fully saturated rings. The van der Waals surface area contributed by atoms with E-state index < -0.39 is 30.0 Å². The van der Waals surface area contributed by atoms with Gasteiger partial charge in [-0.3, -0.25) is 9.59 Å². The fourth-order valence-electron chi connectivity index (χ4n) is 3.46. The highest BCUT2D eigenvalue weighted by Crippen LogP contribution is 2.19. The van der Waals surface area contributed by atoms with E-state index in [-0.39, 0.29) is 12.3 Å². The fourth-order valence-corrected chi connectivity index (χ4v) is 3.46. The smallest absolute Gasteiger partial charge is 0.326 e. The molecule has 6 N–H and O–H groups in total. The SMILES string of the molecule is NCCCC[C@H](N)C(=O)N[C@@H](Cc1ccccc1)C(=O)N1CCC[C@H]1C(=O)O. The minimum absolute atomic E-state index is 0.282. The van der Waals surface area contributed by atoms with Crippen LogP contribution in [0.25, 0.3) is 0 Å². The molecule has 2 amide bonds. The predicted octanol–water partition coefficient (Wildman–Crippen LogP) is 0.246. The summed E-state index contributed by atoms with van der Waals surface area (Å²) < 4.78 is 0. The summed E-state index contributed by atoms with van der Waals surface area (Å²) in [6.45, 7) is 0.911. The Morgan fingerprint density at radius 2 is 1.93 bits per heavy atom. The van der Waals surface area contributed by atoms with Gasteiger partial charge in [0.15, 0.2) is 0 Å². The number of hydrogen-bond acceptors (Lipinski definition) is 5. The molecule has 0 aromatic heterocycles. The van der Waals surface area contributed by atoms with Gasteiger partial charge in [0.05, 0.1) is 6.04 Å². The number of carbonyl (C=O) groups is 3. The van der Waals surface area contributed by atoms with Crippen LogP contribution in [-0.2, 0) is 20.8 Å². The van der Waals surface area contributed by atoms with Crippen LogP contribution in [0.4, 0.5) is 0 Å². The zero-order chi connectivity index (χ0) is 20.5. The van der Waals surface area contributed by atoms with Crippen molar-refractivity contribution in [2.75, 3.05) is 13.1 Å². The van der Waals surface area contributed by atoms with Crippen molar-refractivity contribution in [2.24, 2.45) is 11.5 Å². The van der Waals surface area contributed by atoms with Crippen LogP contribution in [0.1, 0.15) is 37.7 Å². The predicted molar refractivity (Wildman–Crippen MR) is 105 cm³/mol. The molecule has 1 aliphatic rings. The largest absolute Gasteiger partial charge is 0.480 e. The summed E-state index contributed by atoms with van der Waals surface area (Å²) >= 11 is 0. The molecule has 0 unspecified atom stereocenters. The number of unbranched alkanes of at least 4 members (excludes halogenated alkanes) is 1. The van der Waals surface area contributed by atoms with Gasteiger partial charge in [0.1, 0.15) is 12.1 Å². The van der Waals surface area contributed by atoms with Crippen LogP contribution in [0.2, 0.25) is 0 Å². The Morgan fingerprint density at radius 3 is 2.57 bits per heavy atom. The van der Waals surface area contributed by atoms with Gasteiger partial charge in [-0.25, -0.2) is 4.79 Å². The first-order valence-corrected chi connectivity index (χ1v) is 9.77. The van der Waals surface area contributed by atoms with Crippen molar-refractivity contribution in [1.82, 2.24) is 10.2 Å². The lowest BCUT2D eigenvalue weighted by molar-refractivity contribution is -0.149. The summed E-state index contributed by atoms with van der Waals surface area (Å²) in [5.41, 5.74) is 12.3. The van der Waals surface area contributed by atoms with Crippen molar-refractivity contribution in [1.29, 1.82) is 0 Å². The van der Waals surface area contributed by atoms with Gasteiger partial charge >= 0.3 is 5.97 Å². The number of nitrogens with two attached hydrogens (primary N) is 2. The molecule has 2 rings (SSSR count). The van der Waals surface area contributed by atoms with Crippen LogP contribution in [-0.4, -0.2) is 59.0 Å². The number of carboxylic acids is 1. The summed E-state index contributed by atoms with van der Waals surface area (Å²) in [6, 6.07) is 6.88. The maximum atomic E-state index is 13.1. The third kappa shape index (κ3) is 6.03. The number of aliphatic carboxylic acids is 1. The molecule has 0 aliphatic carbocycles. The van der Waals surface area contributed by atoms with Gasteiger partial charge in [0.25, 0.3) is 0 Å². The number of rotatable bonds is 10. The molecule has 154 valence electrons. The normalized spacial score (nSPS) is 18.5. The standard InChI is InChI=1S/C20H30N4O4/c21-11-5-4-9-15(22)18(25)23-16(13-14-7-2-1-3-8-14)19(26)24-12-6-10-17(24)20(27)28/h1-3,7-8,15-17H,4-6,9-13,21-22H2,(H,23,25)(H,27,28)/t15-,16-,17-/m0/s1. The Balaban J connectivity index is 2.11. The van der Waals surface area contributed by atoms with Gasteiger partial charge in [0.2, 0.25) is 11.8 Å². The Bertz CT molecular complexity index is 667. The van der Waals surface area contributed by atoms with E-state index in [4.69, 9.17) is 11.5 Å². The summed E-state index contributed by atoms with van der Waals surface area (Å²) in [7, 11) is 0. The number of nitrogens with one attached hydrogen (secondary N) is 1. The van der Waals surface area contributed by atoms with Gasteiger partial charge in [-0.1, -0.05) is 36.8 Å². The van der Waals surface area contributed by atoms with Crippen LogP contribution in [0, 0.1) is 0 Å². The Labute approximate surface area is 165 Å². The molecular weight excluding hydrogens is 360 g/mol. The summed E-state index contributed by atoms with van der Waals surface area (Å²) in [6.07, 6.45) is 3.33. The molecule has 1 saturated heterocycles. The summed E-state index contributed by atoms with van der Waals surface area (Å²) in [5.74, 6) is -1.80. The number of nitrogens with zero attached hydrogens (tertiary/aromatic N) is 1. The van der Waals surface area contributed by atoms with Crippen LogP contribution in [0.5, 0.6) is 0 Å². The molecule has 8 nitrogen and oxygen atoms in total. The van der Waals surface area contributed by atoms with Gasteiger partial charge < -0.3 is 26.8 Å². The van der Waals surface area contributed by atoms with Gasteiger partial charge in [-0.05, 0) is 37.8 Å². The number of carbonyl (C=O) groups excluding carboxylic acids is 2. The Kier molecular flexibility index (Phi) is 8.41. The van der Waals surface area contributed by atoms with Crippen molar-refractivity contribution in [3.63, 3.8) is 0 Å². The lowest BCUT2D eigenvalue weighted by Gasteiger charge is -2.28. The zero-order valence-electron chi connectivity index (χ0n) is 16.0. The summed E-state index contributed by atoms with van der Waals surface area (Å²) in [4.78, 5) is 38.4. The topological polar surface area (TPSA) is 139 Å². The van der Waals surface area contributed by atoms with E-state index >= 15 is 0 Å². The van der Waals surface area contributed by atoms with E-state index in [1.54, 1.807) is 0 Å². The molecule has 3 atom stereocenters. The molecule has 1 aliphatic heterocycles. The highest BCUT2D eigenvalue weighted by Gasteiger charge is 2.37. The highest BCUT2D eigenvalue weighted by molar-refractivity contribution is 5.92. The number of hydrogen-bond donors (Lipinski definition) is 4. The van der Waals surface area contributed by atoms with E-state index in [0.29, 0.717) is 32.4 Å². The van der Waals surface area contributed by atoms with Gasteiger partial charge in [-0.15, -0.1) is 0 Å². The van der Waals surface area contributed by atoms with Crippen LogP contribution >= 0.6 is 0 Å². The highest BCUT2D eigenvalue weighted by atomic mass is 16.4. The van der Waals surface area contributed by atoms with Gasteiger partial charge in [-0.2, -0.15) is 0 Å². The molecule has 0 spiro atoms. The van der Waals surface area contributed by atoms with E-state index in [2.05, 4.69) is 5.32 Å². The zero-order valence-corrected chi connectivity index (χ0v) is 16.0. The molecule has 0 bridgehead atoms. The number of carboxylic acid groups (broad SMARTS) is 1. The molecule has 1 aromatic carbocycles. The maximum Gasteiger partial charge on any atom is 0.326 e. The van der Waals surface area contributed by atoms with Crippen molar-refractivity contribution >= 4 is 17.8 Å². The Hall–Kier alpha value is -2.45. The second kappa shape index (κ2) is 10.8. The molecule has 1 heterocycles. The van der Waals surface area contributed by atoms with Crippen molar-refractivity contribution in [3.05, 3.63) is 35.9 Å². The fraction of sp³-hybridized carbons (Fsp3) is 0.550. The third-order valence-electron chi connectivity index (χ3n) is 5.02. The second-order valence-corrected chi connectivity index (χ2v) is 7.17.